The highest BCUT2D eigenvalue weighted by Crippen LogP contribution is 2.32. The van der Waals surface area contributed by atoms with Crippen molar-refractivity contribution >= 4 is 17.5 Å². The molecule has 166 valence electrons. The fourth-order valence-electron chi connectivity index (χ4n) is 3.49. The van der Waals surface area contributed by atoms with Crippen molar-refractivity contribution in [2.45, 2.75) is 39.2 Å². The molecule has 0 saturated heterocycles. The molecule has 1 aliphatic carbocycles. The molecule has 4 rings (SSSR count). The van der Waals surface area contributed by atoms with Gasteiger partial charge in [-0.2, -0.15) is 0 Å². The van der Waals surface area contributed by atoms with E-state index in [1.54, 1.807) is 19.1 Å². The van der Waals surface area contributed by atoms with Crippen molar-refractivity contribution in [2.24, 2.45) is 5.92 Å². The Morgan fingerprint density at radius 1 is 1.12 bits per heavy atom. The van der Waals surface area contributed by atoms with Gasteiger partial charge in [0.05, 0.1) is 24.2 Å². The molecule has 3 aromatic rings. The molecule has 2 aromatic carbocycles. The predicted octanol–water partition coefficient (Wildman–Crippen LogP) is 4.53. The Bertz CT molecular complexity index is 1160. The summed E-state index contributed by atoms with van der Waals surface area (Å²) in [6.07, 6.45) is 2.58. The van der Waals surface area contributed by atoms with Gasteiger partial charge in [-0.3, -0.25) is 9.59 Å². The normalized spacial score (nSPS) is 13.5. The van der Waals surface area contributed by atoms with Gasteiger partial charge in [0.1, 0.15) is 11.5 Å². The first-order valence-electron chi connectivity index (χ1n) is 10.5. The quantitative estimate of drug-likeness (QED) is 0.567. The van der Waals surface area contributed by atoms with E-state index in [-0.39, 0.29) is 30.4 Å². The molecule has 0 bridgehead atoms. The van der Waals surface area contributed by atoms with Gasteiger partial charge < -0.3 is 15.1 Å². The van der Waals surface area contributed by atoms with Gasteiger partial charge in [-0.1, -0.05) is 30.7 Å². The Morgan fingerprint density at radius 2 is 1.91 bits per heavy atom. The van der Waals surface area contributed by atoms with Gasteiger partial charge in [-0.15, -0.1) is 0 Å². The molecule has 1 aromatic heterocycles. The summed E-state index contributed by atoms with van der Waals surface area (Å²) < 4.78 is 32.9. The molecular weight excluding hydrogens is 416 g/mol. The van der Waals surface area contributed by atoms with Crippen LogP contribution in [-0.2, 0) is 22.6 Å². The summed E-state index contributed by atoms with van der Waals surface area (Å²) in [5.41, 5.74) is 1.75. The molecule has 0 atom stereocenters. The number of carbonyl (C=O) groups is 2. The minimum absolute atomic E-state index is 0.0101. The second-order valence-electron chi connectivity index (χ2n) is 7.85. The third-order valence-electron chi connectivity index (χ3n) is 5.62. The van der Waals surface area contributed by atoms with Crippen LogP contribution in [0.2, 0.25) is 0 Å². The molecule has 2 amide bonds. The monoisotopic (exact) mass is 439 g/mol. The maximum atomic E-state index is 13.8. The van der Waals surface area contributed by atoms with Crippen molar-refractivity contribution in [1.82, 2.24) is 10.3 Å². The summed E-state index contributed by atoms with van der Waals surface area (Å²) in [6.45, 7) is 1.79. The Hall–Kier alpha value is -3.55. The molecule has 0 spiro atoms. The van der Waals surface area contributed by atoms with Crippen molar-refractivity contribution in [3.05, 3.63) is 71.1 Å². The molecule has 32 heavy (non-hydrogen) atoms. The number of oxazole rings is 1. The fraction of sp³-hybridized carbons (Fsp3) is 0.292. The molecule has 0 radical (unpaired) electrons. The summed E-state index contributed by atoms with van der Waals surface area (Å²) in [5, 5.41) is 5.61. The molecule has 1 heterocycles. The highest BCUT2D eigenvalue weighted by Gasteiger charge is 2.26. The minimum Gasteiger partial charge on any atom is -0.441 e. The van der Waals surface area contributed by atoms with Gasteiger partial charge in [0.2, 0.25) is 17.7 Å². The zero-order chi connectivity index (χ0) is 22.7. The lowest BCUT2D eigenvalue weighted by Crippen LogP contribution is -2.28. The number of para-hydroxylation sites is 1. The zero-order valence-corrected chi connectivity index (χ0v) is 17.6. The zero-order valence-electron chi connectivity index (χ0n) is 17.6. The standard InChI is InChI=1S/C24H23F2N3O3/c1-14-20(13-27-21(30)12-16-8-5-10-18(25)22(16)26)29-24(32-14)17-9-2-3-11-19(17)28-23(31)15-6-4-7-15/h2-3,5,8-11,15H,4,6-7,12-13H2,1H3,(H,27,30)(H,28,31). The number of aryl methyl sites for hydroxylation is 1. The first-order chi connectivity index (χ1) is 15.4. The van der Waals surface area contributed by atoms with Gasteiger partial charge in [0.25, 0.3) is 0 Å². The van der Waals surface area contributed by atoms with Crippen molar-refractivity contribution in [3.8, 4) is 11.5 Å². The largest absolute Gasteiger partial charge is 0.441 e. The van der Waals surface area contributed by atoms with Crippen LogP contribution < -0.4 is 10.6 Å². The lowest BCUT2D eigenvalue weighted by atomic mass is 9.85. The summed E-state index contributed by atoms with van der Waals surface area (Å²) in [7, 11) is 0. The number of nitrogens with zero attached hydrogens (tertiary/aromatic N) is 1. The molecule has 0 aliphatic heterocycles. The van der Waals surface area contributed by atoms with Crippen molar-refractivity contribution in [3.63, 3.8) is 0 Å². The molecule has 1 saturated carbocycles. The lowest BCUT2D eigenvalue weighted by molar-refractivity contribution is -0.122. The van der Waals surface area contributed by atoms with Gasteiger partial charge in [0, 0.05) is 11.5 Å². The van der Waals surface area contributed by atoms with E-state index in [0.717, 1.165) is 25.3 Å². The van der Waals surface area contributed by atoms with Crippen LogP contribution in [0.3, 0.4) is 0 Å². The molecule has 1 fully saturated rings. The molecule has 8 heteroatoms. The first-order valence-corrected chi connectivity index (χ1v) is 10.5. The van der Waals surface area contributed by atoms with Crippen LogP contribution >= 0.6 is 0 Å². The Labute approximate surface area is 184 Å². The topological polar surface area (TPSA) is 84.2 Å². The number of nitrogens with one attached hydrogen (secondary N) is 2. The molecule has 1 aliphatic rings. The summed E-state index contributed by atoms with van der Waals surface area (Å²) in [5.74, 6) is -1.61. The highest BCUT2D eigenvalue weighted by molar-refractivity contribution is 5.96. The summed E-state index contributed by atoms with van der Waals surface area (Å²) in [6, 6.07) is 11.0. The van der Waals surface area contributed by atoms with E-state index in [1.165, 1.54) is 12.1 Å². The van der Waals surface area contributed by atoms with Crippen LogP contribution in [0.5, 0.6) is 0 Å². The van der Waals surface area contributed by atoms with E-state index in [1.807, 2.05) is 12.1 Å². The van der Waals surface area contributed by atoms with Crippen LogP contribution in [0, 0.1) is 24.5 Å². The smallest absolute Gasteiger partial charge is 0.228 e. The average Bonchev–Trinajstić information content (AvgIpc) is 3.09. The Balaban J connectivity index is 1.44. The lowest BCUT2D eigenvalue weighted by Gasteiger charge is -2.24. The first kappa shape index (κ1) is 21.7. The van der Waals surface area contributed by atoms with Crippen LogP contribution in [0.4, 0.5) is 14.5 Å². The van der Waals surface area contributed by atoms with E-state index in [2.05, 4.69) is 15.6 Å². The number of carbonyl (C=O) groups excluding carboxylic acids is 2. The highest BCUT2D eigenvalue weighted by atomic mass is 19.2. The SMILES string of the molecule is Cc1oc(-c2ccccc2NC(=O)C2CCC2)nc1CNC(=O)Cc1cccc(F)c1F. The Kier molecular flexibility index (Phi) is 6.30. The van der Waals surface area contributed by atoms with Crippen LogP contribution in [0.25, 0.3) is 11.5 Å². The molecular formula is C24H23F2N3O3. The van der Waals surface area contributed by atoms with Crippen LogP contribution in [-0.4, -0.2) is 16.8 Å². The molecule has 2 N–H and O–H groups in total. The van der Waals surface area contributed by atoms with Crippen molar-refractivity contribution < 1.29 is 22.8 Å². The number of hydrogen-bond acceptors (Lipinski definition) is 4. The van der Waals surface area contributed by atoms with Crippen molar-refractivity contribution in [2.75, 3.05) is 5.32 Å². The van der Waals surface area contributed by atoms with Gasteiger partial charge in [-0.25, -0.2) is 13.8 Å². The Morgan fingerprint density at radius 3 is 2.66 bits per heavy atom. The van der Waals surface area contributed by atoms with Gasteiger partial charge in [-0.05, 0) is 38.0 Å². The third kappa shape index (κ3) is 4.69. The summed E-state index contributed by atoms with van der Waals surface area (Å²) >= 11 is 0. The summed E-state index contributed by atoms with van der Waals surface area (Å²) in [4.78, 5) is 29.0. The number of halogens is 2. The van der Waals surface area contributed by atoms with Crippen molar-refractivity contribution in [1.29, 1.82) is 0 Å². The van der Waals surface area contributed by atoms with Crippen LogP contribution in [0.15, 0.2) is 46.9 Å². The third-order valence-corrected chi connectivity index (χ3v) is 5.62. The second-order valence-corrected chi connectivity index (χ2v) is 7.85. The second kappa shape index (κ2) is 9.30. The number of anilines is 1. The number of aromatic nitrogens is 1. The molecule has 6 nitrogen and oxygen atoms in total. The van der Waals surface area contributed by atoms with E-state index in [4.69, 9.17) is 4.42 Å². The maximum Gasteiger partial charge on any atom is 0.228 e. The fourth-order valence-corrected chi connectivity index (χ4v) is 3.49. The number of rotatable bonds is 7. The number of amides is 2. The minimum atomic E-state index is -1.02. The number of benzene rings is 2. The maximum absolute atomic E-state index is 13.8. The van der Waals surface area contributed by atoms with E-state index in [0.29, 0.717) is 28.6 Å². The van der Waals surface area contributed by atoms with E-state index in [9.17, 15) is 18.4 Å². The number of hydrogen-bond donors (Lipinski definition) is 2. The van der Waals surface area contributed by atoms with Gasteiger partial charge in [0.15, 0.2) is 11.6 Å². The van der Waals surface area contributed by atoms with E-state index < -0.39 is 17.5 Å². The molecule has 0 unspecified atom stereocenters. The van der Waals surface area contributed by atoms with E-state index >= 15 is 0 Å². The van der Waals surface area contributed by atoms with Crippen LogP contribution in [0.1, 0.15) is 36.3 Å². The van der Waals surface area contributed by atoms with Gasteiger partial charge >= 0.3 is 0 Å². The average molecular weight is 439 g/mol. The predicted molar refractivity (Wildman–Crippen MR) is 115 cm³/mol.